The van der Waals surface area contributed by atoms with Crippen molar-refractivity contribution in [3.8, 4) is 5.75 Å². The van der Waals surface area contributed by atoms with E-state index in [1.165, 1.54) is 0 Å². The first kappa shape index (κ1) is 16.3. The van der Waals surface area contributed by atoms with Gasteiger partial charge in [0, 0.05) is 5.56 Å². The molecule has 1 aromatic carbocycles. The molecule has 0 saturated carbocycles. The number of rotatable bonds is 4. The molecular formula is C11H7F7O2. The van der Waals surface area contributed by atoms with Gasteiger partial charge in [0.05, 0.1) is 11.1 Å². The molecule has 2 nitrogen and oxygen atoms in total. The van der Waals surface area contributed by atoms with Gasteiger partial charge in [-0.25, -0.2) is 8.78 Å². The number of carbonyl (C=O) groups excluding carboxylic acids is 1. The van der Waals surface area contributed by atoms with Crippen LogP contribution in [0.4, 0.5) is 30.7 Å². The summed E-state index contributed by atoms with van der Waals surface area (Å²) < 4.78 is 91.2. The Morgan fingerprint density at radius 3 is 2.05 bits per heavy atom. The lowest BCUT2D eigenvalue weighted by atomic mass is 10.0. The number of hydrogen-bond acceptors (Lipinski definition) is 2. The summed E-state index contributed by atoms with van der Waals surface area (Å²) in [7, 11) is 0. The van der Waals surface area contributed by atoms with E-state index < -0.39 is 47.4 Å². The number of hydrogen-bond donors (Lipinski definition) is 0. The Morgan fingerprint density at radius 1 is 1.15 bits per heavy atom. The van der Waals surface area contributed by atoms with Gasteiger partial charge in [-0.15, -0.1) is 0 Å². The number of ketones is 1. The molecule has 0 aliphatic rings. The number of benzene rings is 1. The Labute approximate surface area is 108 Å². The van der Waals surface area contributed by atoms with Crippen molar-refractivity contribution in [1.29, 1.82) is 0 Å². The van der Waals surface area contributed by atoms with Crippen LogP contribution < -0.4 is 4.74 Å². The highest BCUT2D eigenvalue weighted by Gasteiger charge is 2.38. The van der Waals surface area contributed by atoms with Crippen LogP contribution in [0.15, 0.2) is 12.1 Å². The standard InChI is InChI=1S/C11H7F7O2/c1-4(19)5-2-6(9(12)13)8(20-10(14)15)7(3-5)11(16,17)18/h2-3,9-10H,1H3. The molecule has 0 fully saturated rings. The van der Waals surface area contributed by atoms with E-state index in [1.54, 1.807) is 0 Å². The van der Waals surface area contributed by atoms with Crippen LogP contribution in [0.1, 0.15) is 34.8 Å². The van der Waals surface area contributed by atoms with E-state index in [0.717, 1.165) is 6.92 Å². The van der Waals surface area contributed by atoms with Crippen molar-refractivity contribution in [2.24, 2.45) is 0 Å². The van der Waals surface area contributed by atoms with Crippen LogP contribution in [0.2, 0.25) is 0 Å². The lowest BCUT2D eigenvalue weighted by molar-refractivity contribution is -0.142. The van der Waals surface area contributed by atoms with Gasteiger partial charge in [-0.05, 0) is 19.1 Å². The second-order valence-corrected chi connectivity index (χ2v) is 3.68. The fraction of sp³-hybridized carbons (Fsp3) is 0.364. The quantitative estimate of drug-likeness (QED) is 0.607. The number of ether oxygens (including phenoxy) is 1. The van der Waals surface area contributed by atoms with Gasteiger partial charge in [0.15, 0.2) is 5.78 Å². The Kier molecular flexibility index (Phi) is 4.61. The third kappa shape index (κ3) is 3.61. The van der Waals surface area contributed by atoms with Crippen molar-refractivity contribution >= 4 is 5.78 Å². The minimum absolute atomic E-state index is 0.200. The van der Waals surface area contributed by atoms with Crippen molar-refractivity contribution in [1.82, 2.24) is 0 Å². The summed E-state index contributed by atoms with van der Waals surface area (Å²) in [5.74, 6) is -2.59. The van der Waals surface area contributed by atoms with Crippen LogP contribution in [0, 0.1) is 0 Å². The van der Waals surface area contributed by atoms with Crippen molar-refractivity contribution in [2.45, 2.75) is 26.1 Å². The predicted octanol–water partition coefficient (Wildman–Crippen LogP) is 4.45. The molecule has 0 atom stereocenters. The lowest BCUT2D eigenvalue weighted by Crippen LogP contribution is -2.15. The summed E-state index contributed by atoms with van der Waals surface area (Å²) in [5, 5.41) is 0. The van der Waals surface area contributed by atoms with Crippen molar-refractivity contribution in [3.05, 3.63) is 28.8 Å². The van der Waals surface area contributed by atoms with Crippen LogP contribution in [0.3, 0.4) is 0 Å². The van der Waals surface area contributed by atoms with E-state index in [0.29, 0.717) is 6.07 Å². The zero-order chi connectivity index (χ0) is 15.7. The maximum Gasteiger partial charge on any atom is 0.420 e. The van der Waals surface area contributed by atoms with Crippen LogP contribution >= 0.6 is 0 Å². The average Bonchev–Trinajstić information content (AvgIpc) is 2.25. The maximum absolute atomic E-state index is 12.7. The second-order valence-electron chi connectivity index (χ2n) is 3.68. The smallest absolute Gasteiger partial charge is 0.420 e. The first-order valence-electron chi connectivity index (χ1n) is 5.03. The minimum atomic E-state index is -5.22. The molecule has 0 aliphatic carbocycles. The van der Waals surface area contributed by atoms with E-state index in [1.807, 2.05) is 0 Å². The molecular weight excluding hydrogens is 297 g/mol. The van der Waals surface area contributed by atoms with E-state index in [9.17, 15) is 35.5 Å². The number of halogens is 7. The Bertz CT molecular complexity index is 508. The maximum atomic E-state index is 12.7. The highest BCUT2D eigenvalue weighted by atomic mass is 19.4. The molecule has 0 bridgehead atoms. The van der Waals surface area contributed by atoms with Crippen LogP contribution in [-0.4, -0.2) is 12.4 Å². The van der Waals surface area contributed by atoms with Gasteiger partial charge < -0.3 is 4.74 Å². The molecule has 0 radical (unpaired) electrons. The molecule has 1 rings (SSSR count). The number of alkyl halides is 7. The predicted molar refractivity (Wildman–Crippen MR) is 53.0 cm³/mol. The molecule has 0 saturated heterocycles. The zero-order valence-electron chi connectivity index (χ0n) is 9.77. The molecule has 20 heavy (non-hydrogen) atoms. The Hall–Kier alpha value is -1.80. The fourth-order valence-electron chi connectivity index (χ4n) is 1.45. The third-order valence-corrected chi connectivity index (χ3v) is 2.27. The summed E-state index contributed by atoms with van der Waals surface area (Å²) >= 11 is 0. The summed E-state index contributed by atoms with van der Waals surface area (Å²) in [4.78, 5) is 11.0. The average molecular weight is 304 g/mol. The SMILES string of the molecule is CC(=O)c1cc(C(F)F)c(OC(F)F)c(C(F)(F)F)c1. The summed E-state index contributed by atoms with van der Waals surface area (Å²) in [6, 6.07) is 0.603. The monoisotopic (exact) mass is 304 g/mol. The Morgan fingerprint density at radius 2 is 1.70 bits per heavy atom. The van der Waals surface area contributed by atoms with Gasteiger partial charge in [-0.1, -0.05) is 0 Å². The second kappa shape index (κ2) is 5.68. The van der Waals surface area contributed by atoms with Crippen molar-refractivity contribution in [2.75, 3.05) is 0 Å². The van der Waals surface area contributed by atoms with Gasteiger partial charge in [0.25, 0.3) is 6.43 Å². The molecule has 0 aromatic heterocycles. The fourth-order valence-corrected chi connectivity index (χ4v) is 1.45. The summed E-state index contributed by atoms with van der Waals surface area (Å²) in [6.45, 7) is -2.85. The van der Waals surface area contributed by atoms with Crippen LogP contribution in [-0.2, 0) is 6.18 Å². The van der Waals surface area contributed by atoms with Gasteiger partial charge in [0.1, 0.15) is 5.75 Å². The van der Waals surface area contributed by atoms with E-state index >= 15 is 0 Å². The third-order valence-electron chi connectivity index (χ3n) is 2.27. The van der Waals surface area contributed by atoms with E-state index in [2.05, 4.69) is 4.74 Å². The molecule has 0 spiro atoms. The highest BCUT2D eigenvalue weighted by Crippen LogP contribution is 2.42. The number of carbonyl (C=O) groups is 1. The van der Waals surface area contributed by atoms with Crippen LogP contribution in [0.5, 0.6) is 5.75 Å². The molecule has 0 unspecified atom stereocenters. The molecule has 9 heteroatoms. The molecule has 112 valence electrons. The normalized spacial score (nSPS) is 12.1. The lowest BCUT2D eigenvalue weighted by Gasteiger charge is -2.18. The largest absolute Gasteiger partial charge is 0.434 e. The molecule has 0 aliphatic heterocycles. The van der Waals surface area contributed by atoms with E-state index in [-0.39, 0.29) is 6.07 Å². The van der Waals surface area contributed by atoms with Gasteiger partial charge in [-0.2, -0.15) is 22.0 Å². The topological polar surface area (TPSA) is 26.3 Å². The molecule has 0 N–H and O–H groups in total. The highest BCUT2D eigenvalue weighted by molar-refractivity contribution is 5.94. The zero-order valence-corrected chi connectivity index (χ0v) is 9.77. The van der Waals surface area contributed by atoms with Crippen molar-refractivity contribution in [3.63, 3.8) is 0 Å². The van der Waals surface area contributed by atoms with Crippen molar-refractivity contribution < 1.29 is 40.3 Å². The van der Waals surface area contributed by atoms with Crippen LogP contribution in [0.25, 0.3) is 0 Å². The molecule has 1 aromatic rings. The molecule has 0 heterocycles. The number of Topliss-reactive ketones (excluding diaryl/α,β-unsaturated/α-hetero) is 1. The van der Waals surface area contributed by atoms with Gasteiger partial charge >= 0.3 is 12.8 Å². The van der Waals surface area contributed by atoms with E-state index in [4.69, 9.17) is 0 Å². The Balaban J connectivity index is 3.62. The summed E-state index contributed by atoms with van der Waals surface area (Å²) in [6.07, 6.45) is -8.73. The summed E-state index contributed by atoms with van der Waals surface area (Å²) in [5.41, 5.74) is -3.93. The molecule has 0 amide bonds. The first-order valence-corrected chi connectivity index (χ1v) is 5.03. The first-order chi connectivity index (χ1) is 9.04. The van der Waals surface area contributed by atoms with Gasteiger partial charge in [0.2, 0.25) is 0 Å². The minimum Gasteiger partial charge on any atom is -0.434 e. The van der Waals surface area contributed by atoms with Gasteiger partial charge in [-0.3, -0.25) is 4.79 Å².